The fraction of sp³-hybridized carbons (Fsp3) is 0.404. The highest BCUT2D eigenvalue weighted by atomic mass is 16.5. The van der Waals surface area contributed by atoms with E-state index >= 15 is 0 Å². The molecule has 0 spiro atoms. The number of aliphatic carboxylic acids is 2. The summed E-state index contributed by atoms with van der Waals surface area (Å²) in [5.74, 6) is -0.570. The number of carboxylic acid groups (broad SMARTS) is 2. The molecule has 8 rings (SSSR count). The molecule has 2 fully saturated rings. The van der Waals surface area contributed by atoms with E-state index in [4.69, 9.17) is 14.9 Å². The van der Waals surface area contributed by atoms with Crippen LogP contribution in [0.2, 0.25) is 0 Å². The normalized spacial score (nSPS) is 15.5. The summed E-state index contributed by atoms with van der Waals surface area (Å²) >= 11 is 0. The lowest BCUT2D eigenvalue weighted by molar-refractivity contribution is -0.132. The molecule has 6 aromatic rings. The van der Waals surface area contributed by atoms with Gasteiger partial charge in [0.15, 0.2) is 0 Å². The van der Waals surface area contributed by atoms with E-state index in [0.29, 0.717) is 11.8 Å². The standard InChI is InChI=1S/C29H36N2O2.C28H34N2O3/c1-2-3-6-18-31-22-27(26-7-4-5-8-28(26)31)25-16-20-30(21-17-25)19-15-24-11-9-23(10-12-24)13-14-29(32)33;1-2-33-20-19-30-21-26(25-5-3-4-6-27(25)30)24-14-17-29(18-15-24)16-13-23-9-7-22(8-10-23)11-12-28(31)32/h4-5,7-14,22,25H,2-3,6,15-21H2,1H3,(H,32,33);3-12,21,24H,2,13-20H2,1H3,(H,31,32). The Morgan fingerprint density at radius 2 is 1.02 bits per heavy atom. The molecule has 4 heterocycles. The monoisotopic (exact) mass is 891 g/mol. The number of unbranched alkanes of at least 4 members (excludes halogenated alkanes) is 2. The predicted octanol–water partition coefficient (Wildman–Crippen LogP) is 11.5. The second kappa shape index (κ2) is 24.7. The van der Waals surface area contributed by atoms with Crippen molar-refractivity contribution in [1.29, 1.82) is 0 Å². The van der Waals surface area contributed by atoms with E-state index in [2.05, 4.69) is 111 Å². The van der Waals surface area contributed by atoms with Gasteiger partial charge in [0.05, 0.1) is 6.61 Å². The zero-order valence-corrected chi connectivity index (χ0v) is 39.2. The molecule has 0 unspecified atom stereocenters. The van der Waals surface area contributed by atoms with Crippen molar-refractivity contribution in [3.8, 4) is 0 Å². The maximum Gasteiger partial charge on any atom is 0.328 e. The molecule has 2 saturated heterocycles. The molecule has 2 aliphatic rings. The van der Waals surface area contributed by atoms with E-state index in [1.165, 1.54) is 95.6 Å². The molecule has 0 bridgehead atoms. The van der Waals surface area contributed by atoms with Crippen molar-refractivity contribution in [3.05, 3.63) is 155 Å². The zero-order valence-electron chi connectivity index (χ0n) is 39.2. The molecule has 2 aromatic heterocycles. The molecule has 0 aliphatic carbocycles. The molecule has 0 radical (unpaired) electrons. The molecule has 0 saturated carbocycles. The number of nitrogens with zero attached hydrogens (tertiary/aromatic N) is 4. The quantitative estimate of drug-likeness (QED) is 0.0582. The third-order valence-corrected chi connectivity index (χ3v) is 13.6. The number of para-hydroxylation sites is 2. The first-order valence-electron chi connectivity index (χ1n) is 24.5. The summed E-state index contributed by atoms with van der Waals surface area (Å²) in [6, 6.07) is 34.1. The van der Waals surface area contributed by atoms with Gasteiger partial charge in [0, 0.05) is 79.1 Å². The van der Waals surface area contributed by atoms with Crippen LogP contribution in [0.3, 0.4) is 0 Å². The first-order valence-corrected chi connectivity index (χ1v) is 24.5. The number of piperidine rings is 2. The molecule has 0 atom stereocenters. The van der Waals surface area contributed by atoms with Crippen LogP contribution in [0.1, 0.15) is 104 Å². The van der Waals surface area contributed by atoms with Crippen LogP contribution in [-0.4, -0.2) is 93.6 Å². The number of rotatable bonds is 20. The Labute approximate surface area is 392 Å². The average Bonchev–Trinajstić information content (AvgIpc) is 3.91. The van der Waals surface area contributed by atoms with Crippen molar-refractivity contribution in [3.63, 3.8) is 0 Å². The van der Waals surface area contributed by atoms with E-state index in [1.54, 1.807) is 17.7 Å². The van der Waals surface area contributed by atoms with Gasteiger partial charge in [-0.3, -0.25) is 0 Å². The maximum absolute atomic E-state index is 10.7. The van der Waals surface area contributed by atoms with Gasteiger partial charge < -0.3 is 33.9 Å². The first-order chi connectivity index (χ1) is 32.3. The maximum atomic E-state index is 10.7. The van der Waals surface area contributed by atoms with Crippen LogP contribution in [0.25, 0.3) is 34.0 Å². The SMILES string of the molecule is CCCCCn1cc(C2CCN(CCc3ccc(C=CC(=O)O)cc3)CC2)c2ccccc21.CCOCCn1cc(C2CCN(CCc3ccc(C=CC(=O)O)cc3)CC2)c2ccccc21. The van der Waals surface area contributed by atoms with Crippen molar-refractivity contribution < 1.29 is 24.5 Å². The third kappa shape index (κ3) is 13.7. The lowest BCUT2D eigenvalue weighted by atomic mass is 9.89. The van der Waals surface area contributed by atoms with Crippen LogP contribution in [0.4, 0.5) is 0 Å². The van der Waals surface area contributed by atoms with Gasteiger partial charge in [-0.1, -0.05) is 105 Å². The summed E-state index contributed by atoms with van der Waals surface area (Å²) < 4.78 is 10.4. The number of hydrogen-bond acceptors (Lipinski definition) is 5. The Balaban J connectivity index is 0.000000196. The van der Waals surface area contributed by atoms with E-state index in [0.717, 1.165) is 89.5 Å². The molecule has 2 aliphatic heterocycles. The minimum Gasteiger partial charge on any atom is -0.478 e. The Hall–Kier alpha value is -5.74. The second-order valence-corrected chi connectivity index (χ2v) is 18.1. The fourth-order valence-electron chi connectivity index (χ4n) is 9.85. The largest absolute Gasteiger partial charge is 0.478 e. The number of aromatic nitrogens is 2. The van der Waals surface area contributed by atoms with Gasteiger partial charge in [0.1, 0.15) is 0 Å². The van der Waals surface area contributed by atoms with Crippen molar-refractivity contribution >= 4 is 45.9 Å². The summed E-state index contributed by atoms with van der Waals surface area (Å²) in [6.45, 7) is 14.5. The van der Waals surface area contributed by atoms with Gasteiger partial charge in [-0.15, -0.1) is 0 Å². The van der Waals surface area contributed by atoms with Crippen molar-refractivity contribution in [2.45, 2.75) is 96.6 Å². The summed E-state index contributed by atoms with van der Waals surface area (Å²) in [7, 11) is 0. The predicted molar refractivity (Wildman–Crippen MR) is 270 cm³/mol. The molecule has 4 aromatic carbocycles. The van der Waals surface area contributed by atoms with Crippen molar-refractivity contribution in [1.82, 2.24) is 18.9 Å². The summed E-state index contributed by atoms with van der Waals surface area (Å²) in [5, 5.41) is 20.3. The van der Waals surface area contributed by atoms with Gasteiger partial charge in [-0.05, 0) is 148 Å². The lowest BCUT2D eigenvalue weighted by Crippen LogP contribution is -2.34. The van der Waals surface area contributed by atoms with Crippen LogP contribution in [-0.2, 0) is 40.3 Å². The molecular formula is C57H70N4O5. The minimum absolute atomic E-state index is 0.611. The smallest absolute Gasteiger partial charge is 0.328 e. The number of carboxylic acids is 2. The summed E-state index contributed by atoms with van der Waals surface area (Å²) in [6.07, 6.45) is 21.1. The Kier molecular flexibility index (Phi) is 18.0. The number of benzene rings is 4. The zero-order chi connectivity index (χ0) is 46.1. The number of ether oxygens (including phenoxy) is 1. The van der Waals surface area contributed by atoms with E-state index < -0.39 is 11.9 Å². The van der Waals surface area contributed by atoms with Gasteiger partial charge in [-0.2, -0.15) is 0 Å². The van der Waals surface area contributed by atoms with Gasteiger partial charge in [-0.25, -0.2) is 9.59 Å². The molecule has 9 nitrogen and oxygen atoms in total. The third-order valence-electron chi connectivity index (χ3n) is 13.6. The van der Waals surface area contributed by atoms with Crippen LogP contribution in [0, 0.1) is 0 Å². The number of likely N-dealkylation sites (tertiary alicyclic amines) is 2. The fourth-order valence-corrected chi connectivity index (χ4v) is 9.85. The summed E-state index contributed by atoms with van der Waals surface area (Å²) in [4.78, 5) is 26.5. The molecule has 2 N–H and O–H groups in total. The number of carbonyl (C=O) groups is 2. The Morgan fingerprint density at radius 3 is 1.44 bits per heavy atom. The topological polar surface area (TPSA) is 100 Å². The molecule has 348 valence electrons. The summed E-state index contributed by atoms with van der Waals surface area (Å²) in [5.41, 5.74) is 10.2. The van der Waals surface area contributed by atoms with Crippen LogP contribution in [0.5, 0.6) is 0 Å². The lowest BCUT2D eigenvalue weighted by Gasteiger charge is -2.32. The van der Waals surface area contributed by atoms with Crippen LogP contribution >= 0.6 is 0 Å². The van der Waals surface area contributed by atoms with E-state index in [1.807, 2.05) is 31.2 Å². The number of fused-ring (bicyclic) bond motifs is 2. The first kappa shape index (κ1) is 48.2. The van der Waals surface area contributed by atoms with Gasteiger partial charge >= 0.3 is 11.9 Å². The van der Waals surface area contributed by atoms with Gasteiger partial charge in [0.25, 0.3) is 0 Å². The molecule has 66 heavy (non-hydrogen) atoms. The van der Waals surface area contributed by atoms with Crippen molar-refractivity contribution in [2.24, 2.45) is 0 Å². The highest BCUT2D eigenvalue weighted by Gasteiger charge is 2.25. The Morgan fingerprint density at radius 1 is 0.576 bits per heavy atom. The van der Waals surface area contributed by atoms with E-state index in [9.17, 15) is 9.59 Å². The van der Waals surface area contributed by atoms with Gasteiger partial charge in [0.2, 0.25) is 0 Å². The van der Waals surface area contributed by atoms with Crippen LogP contribution < -0.4 is 0 Å². The highest BCUT2D eigenvalue weighted by molar-refractivity contribution is 5.86. The molecule has 0 amide bonds. The number of aryl methyl sites for hydroxylation is 1. The Bertz CT molecular complexity index is 2320. The molecule has 9 heteroatoms. The van der Waals surface area contributed by atoms with Crippen molar-refractivity contribution in [2.75, 3.05) is 52.5 Å². The minimum atomic E-state index is -0.919. The van der Waals surface area contributed by atoms with E-state index in [-0.39, 0.29) is 0 Å². The van der Waals surface area contributed by atoms with Crippen LogP contribution in [0.15, 0.2) is 122 Å². The highest BCUT2D eigenvalue weighted by Crippen LogP contribution is 2.36. The number of hydrogen-bond donors (Lipinski definition) is 2. The molecular weight excluding hydrogens is 821 g/mol. The second-order valence-electron chi connectivity index (χ2n) is 18.1. The average molecular weight is 891 g/mol.